The molecule has 8 heteroatoms. The summed E-state index contributed by atoms with van der Waals surface area (Å²) in [7, 11) is 3.41. The molecule has 0 radical (unpaired) electrons. The summed E-state index contributed by atoms with van der Waals surface area (Å²) >= 11 is 3.41. The number of carbonyl (C=O) groups is 1. The summed E-state index contributed by atoms with van der Waals surface area (Å²) in [6.45, 7) is 1.11. The molecular weight excluding hydrogens is 538 g/mol. The predicted octanol–water partition coefficient (Wildman–Crippen LogP) is 3.57. The largest absolute Gasteiger partial charge is 0.356 e. The third kappa shape index (κ3) is 8.55. The van der Waals surface area contributed by atoms with Crippen molar-refractivity contribution in [1.29, 1.82) is 0 Å². The van der Waals surface area contributed by atoms with Crippen molar-refractivity contribution in [2.24, 2.45) is 4.99 Å². The molecule has 2 rings (SSSR count). The summed E-state index contributed by atoms with van der Waals surface area (Å²) in [6, 6.07) is 14.6. The lowest BCUT2D eigenvalue weighted by atomic mass is 10.1. The van der Waals surface area contributed by atoms with Crippen molar-refractivity contribution in [2.45, 2.75) is 13.0 Å². The number of carbonyl (C=O) groups excluding carboxylic acids is 1. The number of rotatable bonds is 7. The van der Waals surface area contributed by atoms with Crippen LogP contribution in [0.25, 0.3) is 0 Å². The highest BCUT2D eigenvalue weighted by Gasteiger charge is 2.07. The Morgan fingerprint density at radius 1 is 1.11 bits per heavy atom. The highest BCUT2D eigenvalue weighted by molar-refractivity contribution is 14.0. The number of aliphatic imine (C=N–C) groups is 1. The minimum absolute atomic E-state index is 0. The summed E-state index contributed by atoms with van der Waals surface area (Å²) in [5.74, 6) is 0.245. The van der Waals surface area contributed by atoms with E-state index in [2.05, 4.69) is 31.6 Å². The maximum absolute atomic E-state index is 13.7. The molecule has 0 aliphatic heterocycles. The van der Waals surface area contributed by atoms with Crippen LogP contribution in [0.15, 0.2) is 58.0 Å². The van der Waals surface area contributed by atoms with E-state index in [0.717, 1.165) is 10.0 Å². The van der Waals surface area contributed by atoms with Crippen LogP contribution in [0.2, 0.25) is 0 Å². The maximum atomic E-state index is 13.7. The number of halogens is 3. The fourth-order valence-electron chi connectivity index (χ4n) is 2.27. The van der Waals surface area contributed by atoms with Gasteiger partial charge in [-0.25, -0.2) is 9.38 Å². The molecule has 0 fully saturated rings. The molecule has 0 bridgehead atoms. The Kier molecular flexibility index (Phi) is 11.1. The van der Waals surface area contributed by atoms with Crippen LogP contribution < -0.4 is 10.6 Å². The summed E-state index contributed by atoms with van der Waals surface area (Å²) < 4.78 is 14.7. The second-order valence-corrected chi connectivity index (χ2v) is 7.12. The molecule has 5 nitrogen and oxygen atoms in total. The number of nitrogens with one attached hydrogen (secondary N) is 2. The van der Waals surface area contributed by atoms with Gasteiger partial charge in [0.1, 0.15) is 5.82 Å². The lowest BCUT2D eigenvalue weighted by Crippen LogP contribution is -2.43. The van der Waals surface area contributed by atoms with Crippen molar-refractivity contribution in [2.75, 3.05) is 27.2 Å². The molecule has 0 atom stereocenters. The van der Waals surface area contributed by atoms with Crippen LogP contribution in [0.5, 0.6) is 0 Å². The minimum atomic E-state index is -0.219. The third-order valence-corrected chi connectivity index (χ3v) is 4.41. The van der Waals surface area contributed by atoms with Gasteiger partial charge in [0.2, 0.25) is 5.91 Å². The van der Waals surface area contributed by atoms with Gasteiger partial charge >= 0.3 is 0 Å². The number of benzene rings is 2. The van der Waals surface area contributed by atoms with Crippen molar-refractivity contribution in [3.05, 3.63) is 69.9 Å². The van der Waals surface area contributed by atoms with E-state index in [1.54, 1.807) is 26.2 Å². The maximum Gasteiger partial charge on any atom is 0.241 e. The molecule has 28 heavy (non-hydrogen) atoms. The topological polar surface area (TPSA) is 56.7 Å². The number of nitrogens with zero attached hydrogens (tertiary/aromatic N) is 2. The first-order valence-electron chi connectivity index (χ1n) is 8.66. The lowest BCUT2D eigenvalue weighted by molar-refractivity contribution is -0.127. The van der Waals surface area contributed by atoms with Crippen molar-refractivity contribution in [3.8, 4) is 0 Å². The third-order valence-electron chi connectivity index (χ3n) is 3.88. The molecular formula is C20H25BrFIN4O. The van der Waals surface area contributed by atoms with Crippen LogP contribution in [0.4, 0.5) is 4.39 Å². The van der Waals surface area contributed by atoms with Gasteiger partial charge in [-0.3, -0.25) is 4.79 Å². The van der Waals surface area contributed by atoms with Gasteiger partial charge in [-0.2, -0.15) is 0 Å². The van der Waals surface area contributed by atoms with Gasteiger partial charge in [-0.15, -0.1) is 24.0 Å². The van der Waals surface area contributed by atoms with Crippen LogP contribution >= 0.6 is 39.9 Å². The number of hydrogen-bond acceptors (Lipinski definition) is 2. The highest BCUT2D eigenvalue weighted by Crippen LogP contribution is 2.11. The molecule has 2 aromatic carbocycles. The average molecular weight is 563 g/mol. The van der Waals surface area contributed by atoms with Crippen molar-refractivity contribution < 1.29 is 9.18 Å². The molecule has 0 aliphatic rings. The molecule has 0 unspecified atom stereocenters. The molecule has 0 aromatic heterocycles. The smallest absolute Gasteiger partial charge is 0.241 e. The van der Waals surface area contributed by atoms with Crippen LogP contribution in [0, 0.1) is 5.82 Å². The first kappa shape index (κ1) is 24.4. The van der Waals surface area contributed by atoms with E-state index in [9.17, 15) is 9.18 Å². The normalized spacial score (nSPS) is 10.8. The Hall–Kier alpha value is -1.68. The quantitative estimate of drug-likeness (QED) is 0.308. The zero-order valence-electron chi connectivity index (χ0n) is 15.9. The van der Waals surface area contributed by atoms with Crippen LogP contribution in [0.3, 0.4) is 0 Å². The summed E-state index contributed by atoms with van der Waals surface area (Å²) in [4.78, 5) is 17.9. The van der Waals surface area contributed by atoms with Crippen LogP contribution in [-0.2, 0) is 17.8 Å². The van der Waals surface area contributed by atoms with Crippen LogP contribution in [0.1, 0.15) is 11.1 Å². The molecule has 2 N–H and O–H groups in total. The molecule has 152 valence electrons. The lowest BCUT2D eigenvalue weighted by Gasteiger charge is -2.15. The Bertz CT molecular complexity index is 784. The molecule has 0 aliphatic carbocycles. The monoisotopic (exact) mass is 562 g/mol. The Morgan fingerprint density at radius 2 is 1.79 bits per heavy atom. The molecule has 0 heterocycles. The van der Waals surface area contributed by atoms with Crippen LogP contribution in [-0.4, -0.2) is 44.0 Å². The average Bonchev–Trinajstić information content (AvgIpc) is 2.65. The van der Waals surface area contributed by atoms with Gasteiger partial charge < -0.3 is 15.5 Å². The number of likely N-dealkylation sites (N-methyl/N-ethyl adjacent to an activating group) is 1. The zero-order valence-corrected chi connectivity index (χ0v) is 19.8. The van der Waals surface area contributed by atoms with E-state index in [1.807, 2.05) is 30.3 Å². The van der Waals surface area contributed by atoms with Gasteiger partial charge in [-0.05, 0) is 35.7 Å². The Morgan fingerprint density at radius 3 is 2.43 bits per heavy atom. The van der Waals surface area contributed by atoms with Crippen molar-refractivity contribution in [1.82, 2.24) is 15.5 Å². The summed E-state index contributed by atoms with van der Waals surface area (Å²) in [5, 5.41) is 6.19. The molecule has 1 amide bonds. The van der Waals surface area contributed by atoms with Gasteiger partial charge in [-0.1, -0.05) is 46.3 Å². The second-order valence-electron chi connectivity index (χ2n) is 6.20. The number of hydrogen-bond donors (Lipinski definition) is 2. The van der Waals surface area contributed by atoms with E-state index in [4.69, 9.17) is 0 Å². The molecule has 0 saturated carbocycles. The van der Waals surface area contributed by atoms with Gasteiger partial charge in [0.05, 0.1) is 13.1 Å². The standard InChI is InChI=1S/C20H24BrFN4O.HI/c1-26(2)19(27)14-25-20(24-13-15-7-9-17(21)10-8-15)23-12-11-16-5-3-4-6-18(16)22;/h3-10H,11-14H2,1-2H3,(H2,23,24,25);1H. The van der Waals surface area contributed by atoms with Crippen molar-refractivity contribution in [3.63, 3.8) is 0 Å². The van der Waals surface area contributed by atoms with E-state index in [0.29, 0.717) is 31.0 Å². The minimum Gasteiger partial charge on any atom is -0.356 e. The number of amides is 1. The first-order valence-corrected chi connectivity index (χ1v) is 9.45. The first-order chi connectivity index (χ1) is 13.0. The predicted molar refractivity (Wildman–Crippen MR) is 125 cm³/mol. The second kappa shape index (κ2) is 12.7. The fourth-order valence-corrected chi connectivity index (χ4v) is 2.53. The fraction of sp³-hybridized carbons (Fsp3) is 0.300. The van der Waals surface area contributed by atoms with E-state index in [1.165, 1.54) is 11.0 Å². The summed E-state index contributed by atoms with van der Waals surface area (Å²) in [6.07, 6.45) is 0.521. The number of guanidine groups is 1. The highest BCUT2D eigenvalue weighted by atomic mass is 127. The van der Waals surface area contributed by atoms with Gasteiger partial charge in [0, 0.05) is 25.1 Å². The Balaban J connectivity index is 0.00000392. The van der Waals surface area contributed by atoms with E-state index >= 15 is 0 Å². The molecule has 0 saturated heterocycles. The van der Waals surface area contributed by atoms with Gasteiger partial charge in [0.25, 0.3) is 0 Å². The zero-order chi connectivity index (χ0) is 19.6. The SMILES string of the molecule is CN(C)C(=O)CNC(=NCc1ccc(Br)cc1)NCCc1ccccc1F.I. The molecule has 2 aromatic rings. The molecule has 0 spiro atoms. The Labute approximate surface area is 191 Å². The summed E-state index contributed by atoms with van der Waals surface area (Å²) in [5.41, 5.74) is 1.69. The van der Waals surface area contributed by atoms with Gasteiger partial charge in [0.15, 0.2) is 5.96 Å². The van der Waals surface area contributed by atoms with E-state index in [-0.39, 0.29) is 42.2 Å². The van der Waals surface area contributed by atoms with E-state index < -0.39 is 0 Å². The van der Waals surface area contributed by atoms with Crippen molar-refractivity contribution >= 4 is 51.8 Å².